The van der Waals surface area contributed by atoms with Gasteiger partial charge in [-0.3, -0.25) is 4.79 Å². The number of aromatic nitrogens is 2. The van der Waals surface area contributed by atoms with Gasteiger partial charge in [-0.25, -0.2) is 0 Å². The van der Waals surface area contributed by atoms with Crippen molar-refractivity contribution in [3.05, 3.63) is 44.7 Å². The third-order valence-corrected chi connectivity index (χ3v) is 3.16. The highest BCUT2D eigenvalue weighted by Crippen LogP contribution is 2.23. The molecule has 0 aliphatic rings. The number of H-pyrrole nitrogens is 1. The van der Waals surface area contributed by atoms with E-state index in [4.69, 9.17) is 0 Å². The third-order valence-electron chi connectivity index (χ3n) is 2.63. The third kappa shape index (κ3) is 2.46. The molecule has 0 fully saturated rings. The van der Waals surface area contributed by atoms with Crippen molar-refractivity contribution >= 4 is 15.9 Å². The molecule has 0 atom stereocenters. The Hall–Kier alpha value is -1.62. The monoisotopic (exact) mass is 308 g/mol. The zero-order valence-corrected chi connectivity index (χ0v) is 11.7. The zero-order valence-electron chi connectivity index (χ0n) is 10.1. The van der Waals surface area contributed by atoms with Gasteiger partial charge in [0.15, 0.2) is 0 Å². The van der Waals surface area contributed by atoms with Crippen LogP contribution in [0, 0.1) is 0 Å². The Morgan fingerprint density at radius 3 is 2.39 bits per heavy atom. The van der Waals surface area contributed by atoms with Gasteiger partial charge in [-0.15, -0.1) is 0 Å². The largest absolute Gasteiger partial charge is 0.493 e. The second-order valence-electron chi connectivity index (χ2n) is 4.31. The van der Waals surface area contributed by atoms with Gasteiger partial charge >= 0.3 is 0 Å². The smallest absolute Gasteiger partial charge is 0.258 e. The van der Waals surface area contributed by atoms with Crippen LogP contribution in [0.4, 0.5) is 0 Å². The highest BCUT2D eigenvalue weighted by Gasteiger charge is 2.14. The molecule has 4 nitrogen and oxygen atoms in total. The number of aromatic amines is 1. The van der Waals surface area contributed by atoms with Crippen molar-refractivity contribution < 1.29 is 5.11 Å². The normalized spacial score (nSPS) is 10.9. The van der Waals surface area contributed by atoms with Crippen LogP contribution in [0.1, 0.15) is 25.3 Å². The summed E-state index contributed by atoms with van der Waals surface area (Å²) in [4.78, 5) is 18.6. The van der Waals surface area contributed by atoms with E-state index in [0.717, 1.165) is 10.0 Å². The molecule has 0 amide bonds. The highest BCUT2D eigenvalue weighted by molar-refractivity contribution is 9.10. The van der Waals surface area contributed by atoms with Crippen molar-refractivity contribution in [2.45, 2.75) is 19.8 Å². The quantitative estimate of drug-likeness (QED) is 0.896. The standard InChI is InChI=1S/C13H13BrN2O2/c1-7(2)10-12(17)15-11(16-13(10)18)8-3-5-9(14)6-4-8/h3-7H,1-2H3,(H2,15,16,17,18). The van der Waals surface area contributed by atoms with E-state index in [1.165, 1.54) is 0 Å². The van der Waals surface area contributed by atoms with Crippen molar-refractivity contribution in [1.82, 2.24) is 9.97 Å². The van der Waals surface area contributed by atoms with E-state index in [1.807, 2.05) is 38.1 Å². The summed E-state index contributed by atoms with van der Waals surface area (Å²) in [5.41, 5.74) is 0.771. The second kappa shape index (κ2) is 4.94. The molecule has 18 heavy (non-hydrogen) atoms. The average molecular weight is 309 g/mol. The maximum absolute atomic E-state index is 11.9. The Morgan fingerprint density at radius 2 is 1.89 bits per heavy atom. The fourth-order valence-corrected chi connectivity index (χ4v) is 2.00. The number of hydrogen-bond acceptors (Lipinski definition) is 3. The highest BCUT2D eigenvalue weighted by atomic mass is 79.9. The van der Waals surface area contributed by atoms with Crippen molar-refractivity contribution in [2.24, 2.45) is 0 Å². The number of aromatic hydroxyl groups is 1. The van der Waals surface area contributed by atoms with Gasteiger partial charge in [-0.1, -0.05) is 41.9 Å². The summed E-state index contributed by atoms with van der Waals surface area (Å²) in [5.74, 6) is 0.0984. The minimum atomic E-state index is -0.296. The molecular formula is C13H13BrN2O2. The van der Waals surface area contributed by atoms with Crippen LogP contribution in [0.5, 0.6) is 5.88 Å². The summed E-state index contributed by atoms with van der Waals surface area (Å²) < 4.78 is 0.941. The van der Waals surface area contributed by atoms with Crippen molar-refractivity contribution in [2.75, 3.05) is 0 Å². The lowest BCUT2D eigenvalue weighted by Gasteiger charge is -2.08. The SMILES string of the molecule is CC(C)c1c(O)nc(-c2ccc(Br)cc2)[nH]c1=O. The van der Waals surface area contributed by atoms with E-state index < -0.39 is 0 Å². The average Bonchev–Trinajstić information content (AvgIpc) is 2.28. The molecule has 1 aromatic heterocycles. The molecule has 2 aromatic rings. The van der Waals surface area contributed by atoms with E-state index in [1.54, 1.807) is 0 Å². The van der Waals surface area contributed by atoms with Gasteiger partial charge < -0.3 is 10.1 Å². The Kier molecular flexibility index (Phi) is 3.52. The predicted molar refractivity (Wildman–Crippen MR) is 73.7 cm³/mol. The minimum Gasteiger partial charge on any atom is -0.493 e. The molecule has 0 saturated heterocycles. The van der Waals surface area contributed by atoms with Crippen molar-refractivity contribution in [3.8, 4) is 17.3 Å². The van der Waals surface area contributed by atoms with Gasteiger partial charge in [0.2, 0.25) is 5.88 Å². The van der Waals surface area contributed by atoms with Crippen LogP contribution in [-0.4, -0.2) is 15.1 Å². The Bertz CT molecular complexity index is 618. The minimum absolute atomic E-state index is 0.0692. The molecule has 1 aromatic carbocycles. The molecule has 5 heteroatoms. The van der Waals surface area contributed by atoms with Crippen molar-refractivity contribution in [3.63, 3.8) is 0 Å². The Labute approximate surface area is 113 Å². The van der Waals surface area contributed by atoms with E-state index in [2.05, 4.69) is 25.9 Å². The van der Waals surface area contributed by atoms with Gasteiger partial charge in [-0.05, 0) is 18.1 Å². The van der Waals surface area contributed by atoms with Crippen LogP contribution in [0.25, 0.3) is 11.4 Å². The fraction of sp³-hybridized carbons (Fsp3) is 0.231. The van der Waals surface area contributed by atoms with E-state index in [0.29, 0.717) is 11.4 Å². The number of benzene rings is 1. The summed E-state index contributed by atoms with van der Waals surface area (Å²) >= 11 is 3.34. The van der Waals surface area contributed by atoms with Gasteiger partial charge in [0.25, 0.3) is 5.56 Å². The van der Waals surface area contributed by atoms with Crippen LogP contribution in [0.15, 0.2) is 33.5 Å². The maximum Gasteiger partial charge on any atom is 0.258 e. The second-order valence-corrected chi connectivity index (χ2v) is 5.23. The molecule has 0 spiro atoms. The predicted octanol–water partition coefficient (Wildman–Crippen LogP) is 3.03. The topological polar surface area (TPSA) is 66.0 Å². The van der Waals surface area contributed by atoms with Crippen LogP contribution in [0.2, 0.25) is 0 Å². The lowest BCUT2D eigenvalue weighted by molar-refractivity contribution is 0.440. The van der Waals surface area contributed by atoms with Crippen LogP contribution in [0.3, 0.4) is 0 Å². The molecule has 0 bridgehead atoms. The number of nitrogens with one attached hydrogen (secondary N) is 1. The summed E-state index contributed by atoms with van der Waals surface area (Å²) in [6, 6.07) is 7.33. The number of rotatable bonds is 2. The summed E-state index contributed by atoms with van der Waals surface area (Å²) in [6.07, 6.45) is 0. The van der Waals surface area contributed by atoms with E-state index in [-0.39, 0.29) is 17.4 Å². The van der Waals surface area contributed by atoms with Gasteiger partial charge in [0, 0.05) is 10.0 Å². The first-order valence-corrected chi connectivity index (χ1v) is 6.37. The lowest BCUT2D eigenvalue weighted by Crippen LogP contribution is -2.16. The molecule has 0 unspecified atom stereocenters. The van der Waals surface area contributed by atoms with Crippen LogP contribution < -0.4 is 5.56 Å². The first kappa shape index (κ1) is 12.8. The molecule has 0 radical (unpaired) electrons. The first-order chi connectivity index (χ1) is 8.49. The molecule has 0 aliphatic carbocycles. The maximum atomic E-state index is 11.9. The van der Waals surface area contributed by atoms with Crippen LogP contribution >= 0.6 is 15.9 Å². The summed E-state index contributed by atoms with van der Waals surface area (Å²) in [5, 5.41) is 9.82. The lowest BCUT2D eigenvalue weighted by atomic mass is 10.1. The number of nitrogens with zero attached hydrogens (tertiary/aromatic N) is 1. The van der Waals surface area contributed by atoms with Crippen LogP contribution in [-0.2, 0) is 0 Å². The van der Waals surface area contributed by atoms with Gasteiger partial charge in [0.05, 0.1) is 5.56 Å². The summed E-state index contributed by atoms with van der Waals surface area (Å²) in [7, 11) is 0. The Balaban J connectivity index is 2.55. The molecule has 94 valence electrons. The summed E-state index contributed by atoms with van der Waals surface area (Å²) in [6.45, 7) is 3.68. The fourth-order valence-electron chi connectivity index (χ4n) is 1.74. The molecule has 0 saturated carbocycles. The van der Waals surface area contributed by atoms with Gasteiger partial charge in [-0.2, -0.15) is 4.98 Å². The first-order valence-electron chi connectivity index (χ1n) is 5.58. The van der Waals surface area contributed by atoms with Crippen molar-refractivity contribution in [1.29, 1.82) is 0 Å². The Morgan fingerprint density at radius 1 is 1.28 bits per heavy atom. The number of hydrogen-bond donors (Lipinski definition) is 2. The molecule has 2 rings (SSSR count). The van der Waals surface area contributed by atoms with Gasteiger partial charge in [0.1, 0.15) is 5.82 Å². The van der Waals surface area contributed by atoms with E-state index >= 15 is 0 Å². The molecular weight excluding hydrogens is 296 g/mol. The molecule has 1 heterocycles. The number of halogens is 1. The molecule has 0 aliphatic heterocycles. The van der Waals surface area contributed by atoms with E-state index in [9.17, 15) is 9.90 Å². The molecule has 2 N–H and O–H groups in total. The zero-order chi connectivity index (χ0) is 13.3.